The Balaban J connectivity index is 0.00000441. The van der Waals surface area contributed by atoms with Gasteiger partial charge in [0, 0.05) is 19.6 Å². The Morgan fingerprint density at radius 3 is 1.68 bits per heavy atom. The summed E-state index contributed by atoms with van der Waals surface area (Å²) in [5, 5.41) is 9.97. The van der Waals surface area contributed by atoms with Crippen molar-refractivity contribution in [1.82, 2.24) is 4.90 Å². The normalized spacial score (nSPS) is 11.0. The minimum Gasteiger partial charge on any atom is -0.502 e. The third-order valence-electron chi connectivity index (χ3n) is 3.19. The number of phenols is 1. The topological polar surface area (TPSA) is 41.9 Å². The molecule has 0 bridgehead atoms. The molecule has 0 saturated carbocycles. The number of phenolic OH excluding ortho intramolecular Hbond substituents is 1. The highest BCUT2D eigenvalue weighted by molar-refractivity contribution is 5.85. The van der Waals surface area contributed by atoms with Crippen LogP contribution in [0.15, 0.2) is 12.1 Å². The summed E-state index contributed by atoms with van der Waals surface area (Å²) in [6, 6.07) is 3.76. The van der Waals surface area contributed by atoms with E-state index in [4.69, 9.17) is 9.47 Å². The van der Waals surface area contributed by atoms with Gasteiger partial charge in [-0.2, -0.15) is 0 Å². The standard InChI is InChI=1S/C17H29NO3.ClH/c1-12(2)9-18(10-13(3)4)11-14-7-15(20-5)17(19)16(8-14)21-6;/h7-8,12-13,19H,9-11H2,1-6H3;1H. The number of benzene rings is 1. The SMILES string of the molecule is COc1cc(CN(CC(C)C)CC(C)C)cc(OC)c1O.Cl. The predicted octanol–water partition coefficient (Wildman–Crippen LogP) is 3.95. The van der Waals surface area contributed by atoms with Gasteiger partial charge in [-0.05, 0) is 29.5 Å². The first-order valence-electron chi connectivity index (χ1n) is 7.53. The summed E-state index contributed by atoms with van der Waals surface area (Å²) < 4.78 is 10.4. The Labute approximate surface area is 140 Å². The molecule has 0 spiro atoms. The van der Waals surface area contributed by atoms with Gasteiger partial charge in [0.2, 0.25) is 5.75 Å². The fourth-order valence-corrected chi connectivity index (χ4v) is 2.53. The first-order chi connectivity index (χ1) is 9.87. The van der Waals surface area contributed by atoms with Crippen molar-refractivity contribution in [3.05, 3.63) is 17.7 Å². The highest BCUT2D eigenvalue weighted by Crippen LogP contribution is 2.37. The molecule has 0 atom stereocenters. The number of hydrogen-bond acceptors (Lipinski definition) is 4. The van der Waals surface area contributed by atoms with Gasteiger partial charge >= 0.3 is 0 Å². The number of ether oxygens (including phenoxy) is 2. The first kappa shape index (κ1) is 20.9. The van der Waals surface area contributed by atoms with Crippen LogP contribution in [0, 0.1) is 11.8 Å². The average Bonchev–Trinajstić information content (AvgIpc) is 2.38. The molecule has 0 heterocycles. The number of methoxy groups -OCH3 is 2. The summed E-state index contributed by atoms with van der Waals surface area (Å²) in [6.45, 7) is 11.8. The summed E-state index contributed by atoms with van der Waals surface area (Å²) in [7, 11) is 3.11. The van der Waals surface area contributed by atoms with Gasteiger partial charge in [-0.3, -0.25) is 4.90 Å². The molecule has 0 amide bonds. The molecule has 0 unspecified atom stereocenters. The largest absolute Gasteiger partial charge is 0.502 e. The lowest BCUT2D eigenvalue weighted by Gasteiger charge is -2.26. The van der Waals surface area contributed by atoms with Crippen LogP contribution in [0.5, 0.6) is 17.2 Å². The third kappa shape index (κ3) is 6.32. The lowest BCUT2D eigenvalue weighted by molar-refractivity contribution is 0.211. The van der Waals surface area contributed by atoms with E-state index < -0.39 is 0 Å². The van der Waals surface area contributed by atoms with Crippen molar-refractivity contribution in [2.45, 2.75) is 34.2 Å². The Morgan fingerprint density at radius 2 is 1.36 bits per heavy atom. The Morgan fingerprint density at radius 1 is 0.955 bits per heavy atom. The van der Waals surface area contributed by atoms with Crippen LogP contribution < -0.4 is 9.47 Å². The van der Waals surface area contributed by atoms with E-state index in [9.17, 15) is 5.11 Å². The molecule has 4 nitrogen and oxygen atoms in total. The highest BCUT2D eigenvalue weighted by atomic mass is 35.5. The Kier molecular flexibility index (Phi) is 9.30. The molecule has 1 rings (SSSR count). The quantitative estimate of drug-likeness (QED) is 0.783. The molecular formula is C17H30ClNO3. The van der Waals surface area contributed by atoms with E-state index in [-0.39, 0.29) is 18.2 Å². The van der Waals surface area contributed by atoms with Gasteiger partial charge < -0.3 is 14.6 Å². The maximum atomic E-state index is 9.97. The van der Waals surface area contributed by atoms with Crippen LogP contribution in [-0.2, 0) is 6.54 Å². The minimum absolute atomic E-state index is 0. The van der Waals surface area contributed by atoms with Crippen LogP contribution in [0.25, 0.3) is 0 Å². The van der Waals surface area contributed by atoms with E-state index in [1.54, 1.807) is 14.2 Å². The molecule has 1 aromatic rings. The second kappa shape index (κ2) is 9.80. The number of halogens is 1. The average molecular weight is 332 g/mol. The van der Waals surface area contributed by atoms with Crippen LogP contribution in [0.4, 0.5) is 0 Å². The first-order valence-corrected chi connectivity index (χ1v) is 7.53. The molecule has 0 aliphatic rings. The fourth-order valence-electron chi connectivity index (χ4n) is 2.53. The molecule has 0 saturated heterocycles. The molecule has 0 fully saturated rings. The smallest absolute Gasteiger partial charge is 0.200 e. The van der Waals surface area contributed by atoms with E-state index in [2.05, 4.69) is 32.6 Å². The summed E-state index contributed by atoms with van der Waals surface area (Å²) >= 11 is 0. The third-order valence-corrected chi connectivity index (χ3v) is 3.19. The van der Waals surface area contributed by atoms with Crippen molar-refractivity contribution in [3.8, 4) is 17.2 Å². The van der Waals surface area contributed by atoms with Gasteiger partial charge in [0.15, 0.2) is 11.5 Å². The molecule has 0 aliphatic heterocycles. The molecule has 5 heteroatoms. The number of hydrogen-bond donors (Lipinski definition) is 1. The lowest BCUT2D eigenvalue weighted by atomic mass is 10.1. The number of aromatic hydroxyl groups is 1. The van der Waals surface area contributed by atoms with Crippen LogP contribution in [0.1, 0.15) is 33.3 Å². The number of rotatable bonds is 8. The number of nitrogens with zero attached hydrogens (tertiary/aromatic N) is 1. The zero-order valence-corrected chi connectivity index (χ0v) is 15.4. The van der Waals surface area contributed by atoms with Gasteiger partial charge in [-0.1, -0.05) is 27.7 Å². The highest BCUT2D eigenvalue weighted by Gasteiger charge is 2.15. The summed E-state index contributed by atoms with van der Waals surface area (Å²) in [4.78, 5) is 2.43. The van der Waals surface area contributed by atoms with Crippen LogP contribution in [0.2, 0.25) is 0 Å². The summed E-state index contributed by atoms with van der Waals surface area (Å²) in [5.41, 5.74) is 1.09. The zero-order chi connectivity index (χ0) is 16.0. The molecule has 0 radical (unpaired) electrons. The van der Waals surface area contributed by atoms with Crippen molar-refractivity contribution in [1.29, 1.82) is 0 Å². The van der Waals surface area contributed by atoms with Gasteiger partial charge in [-0.15, -0.1) is 12.4 Å². The maximum absolute atomic E-state index is 9.97. The molecule has 22 heavy (non-hydrogen) atoms. The van der Waals surface area contributed by atoms with E-state index in [0.717, 1.165) is 25.2 Å². The van der Waals surface area contributed by atoms with Crippen molar-refractivity contribution in [3.63, 3.8) is 0 Å². The van der Waals surface area contributed by atoms with Crippen LogP contribution in [0.3, 0.4) is 0 Å². The zero-order valence-electron chi connectivity index (χ0n) is 14.5. The van der Waals surface area contributed by atoms with E-state index in [0.29, 0.717) is 23.3 Å². The van der Waals surface area contributed by atoms with Gasteiger partial charge in [0.05, 0.1) is 14.2 Å². The van der Waals surface area contributed by atoms with Crippen molar-refractivity contribution >= 4 is 12.4 Å². The van der Waals surface area contributed by atoms with Gasteiger partial charge in [0.25, 0.3) is 0 Å². The molecular weight excluding hydrogens is 302 g/mol. The maximum Gasteiger partial charge on any atom is 0.200 e. The molecule has 128 valence electrons. The summed E-state index contributed by atoms with van der Waals surface area (Å²) in [5.74, 6) is 2.20. The molecule has 0 aromatic heterocycles. The van der Waals surface area contributed by atoms with Crippen LogP contribution >= 0.6 is 12.4 Å². The molecule has 1 N–H and O–H groups in total. The Bertz CT molecular complexity index is 415. The molecule has 0 aliphatic carbocycles. The lowest BCUT2D eigenvalue weighted by Crippen LogP contribution is -2.30. The summed E-state index contributed by atoms with van der Waals surface area (Å²) in [6.07, 6.45) is 0. The van der Waals surface area contributed by atoms with Gasteiger partial charge in [-0.25, -0.2) is 0 Å². The van der Waals surface area contributed by atoms with E-state index in [1.165, 1.54) is 0 Å². The van der Waals surface area contributed by atoms with Crippen molar-refractivity contribution < 1.29 is 14.6 Å². The van der Waals surface area contributed by atoms with E-state index >= 15 is 0 Å². The fraction of sp³-hybridized carbons (Fsp3) is 0.647. The second-order valence-corrected chi connectivity index (χ2v) is 6.33. The van der Waals surface area contributed by atoms with E-state index in [1.807, 2.05) is 12.1 Å². The Hall–Kier alpha value is -1.13. The second-order valence-electron chi connectivity index (χ2n) is 6.33. The predicted molar refractivity (Wildman–Crippen MR) is 93.4 cm³/mol. The van der Waals surface area contributed by atoms with Crippen molar-refractivity contribution in [2.24, 2.45) is 11.8 Å². The monoisotopic (exact) mass is 331 g/mol. The van der Waals surface area contributed by atoms with Crippen LogP contribution in [-0.4, -0.2) is 37.3 Å². The minimum atomic E-state index is 0. The van der Waals surface area contributed by atoms with Crippen molar-refractivity contribution in [2.75, 3.05) is 27.3 Å². The van der Waals surface area contributed by atoms with Gasteiger partial charge in [0.1, 0.15) is 0 Å². The molecule has 1 aromatic carbocycles.